The molecule has 70 valence electrons. The second kappa shape index (κ2) is 3.47. The van der Waals surface area contributed by atoms with Crippen LogP contribution in [0.2, 0.25) is 0 Å². The van der Waals surface area contributed by atoms with Crippen LogP contribution in [0.5, 0.6) is 0 Å². The molecule has 1 aliphatic heterocycles. The molecule has 0 fully saturated rings. The van der Waals surface area contributed by atoms with Crippen molar-refractivity contribution in [2.45, 2.75) is 13.3 Å². The summed E-state index contributed by atoms with van der Waals surface area (Å²) in [6, 6.07) is 0. The number of nitrogens with zero attached hydrogens (tertiary/aromatic N) is 1. The van der Waals surface area contributed by atoms with Gasteiger partial charge >= 0.3 is 0 Å². The van der Waals surface area contributed by atoms with Crippen molar-refractivity contribution in [3.63, 3.8) is 0 Å². The van der Waals surface area contributed by atoms with E-state index < -0.39 is 0 Å². The minimum absolute atomic E-state index is 0.653. The third-order valence-electron chi connectivity index (χ3n) is 2.08. The first-order valence-corrected chi connectivity index (χ1v) is 5.09. The molecule has 0 saturated heterocycles. The molecule has 1 aromatic rings. The Morgan fingerprint density at radius 2 is 2.46 bits per heavy atom. The highest BCUT2D eigenvalue weighted by atomic mass is 32.1. The van der Waals surface area contributed by atoms with Crippen molar-refractivity contribution in [3.8, 4) is 0 Å². The van der Waals surface area contributed by atoms with Crippen LogP contribution >= 0.6 is 11.3 Å². The van der Waals surface area contributed by atoms with Gasteiger partial charge in [-0.3, -0.25) is 0 Å². The molecule has 13 heavy (non-hydrogen) atoms. The van der Waals surface area contributed by atoms with Crippen molar-refractivity contribution in [3.05, 3.63) is 16.6 Å². The molecule has 2 rings (SSSR count). The van der Waals surface area contributed by atoms with E-state index in [1.54, 1.807) is 11.3 Å². The molecule has 0 atom stereocenters. The summed E-state index contributed by atoms with van der Waals surface area (Å²) in [5.41, 5.74) is 7.97. The monoisotopic (exact) mass is 196 g/mol. The average Bonchev–Trinajstić information content (AvgIpc) is 2.47. The molecule has 0 saturated carbocycles. The van der Waals surface area contributed by atoms with Gasteiger partial charge in [0, 0.05) is 4.88 Å². The molecule has 0 unspecified atom stereocenters. The highest BCUT2D eigenvalue weighted by Crippen LogP contribution is 2.28. The minimum Gasteiger partial charge on any atom is -0.377 e. The Labute approximate surface area is 81.2 Å². The van der Waals surface area contributed by atoms with Gasteiger partial charge in [-0.2, -0.15) is 0 Å². The molecule has 0 amide bonds. The normalized spacial score (nSPS) is 17.2. The van der Waals surface area contributed by atoms with E-state index in [9.17, 15) is 0 Å². The molecule has 0 spiro atoms. The summed E-state index contributed by atoms with van der Waals surface area (Å²) in [5, 5.41) is 0.653. The first-order valence-electron chi connectivity index (χ1n) is 4.27. The molecule has 0 radical (unpaired) electrons. The summed E-state index contributed by atoms with van der Waals surface area (Å²) in [6.07, 6.45) is 3.04. The predicted octanol–water partition coefficient (Wildman–Crippen LogP) is 1.84. The van der Waals surface area contributed by atoms with Crippen molar-refractivity contribution < 1.29 is 4.74 Å². The molecule has 2 N–H and O–H groups in total. The van der Waals surface area contributed by atoms with Gasteiger partial charge in [0.2, 0.25) is 0 Å². The largest absolute Gasteiger partial charge is 0.377 e. The maximum absolute atomic E-state index is 5.64. The Balaban J connectivity index is 2.33. The van der Waals surface area contributed by atoms with Gasteiger partial charge in [-0.1, -0.05) is 6.08 Å². The number of aryl methyl sites for hydroxylation is 1. The van der Waals surface area contributed by atoms with Crippen molar-refractivity contribution in [1.82, 2.24) is 4.98 Å². The summed E-state index contributed by atoms with van der Waals surface area (Å²) in [5.74, 6) is 0. The summed E-state index contributed by atoms with van der Waals surface area (Å²) in [6.45, 7) is 3.55. The Bertz CT molecular complexity index is 343. The smallest absolute Gasteiger partial charge is 0.180 e. The van der Waals surface area contributed by atoms with Crippen LogP contribution in [0.25, 0.3) is 5.57 Å². The lowest BCUT2D eigenvalue weighted by atomic mass is 10.1. The van der Waals surface area contributed by atoms with Crippen LogP contribution in [0, 0.1) is 6.92 Å². The number of aromatic nitrogens is 1. The Morgan fingerprint density at radius 1 is 1.62 bits per heavy atom. The third-order valence-corrected chi connectivity index (χ3v) is 2.88. The highest BCUT2D eigenvalue weighted by Gasteiger charge is 2.12. The fourth-order valence-corrected chi connectivity index (χ4v) is 2.18. The molecule has 0 aromatic carbocycles. The predicted molar refractivity (Wildman–Crippen MR) is 54.7 cm³/mol. The van der Waals surface area contributed by atoms with Crippen LogP contribution in [0.1, 0.15) is 17.0 Å². The number of anilines is 1. The van der Waals surface area contributed by atoms with Crippen LogP contribution in [0.15, 0.2) is 6.08 Å². The average molecular weight is 196 g/mol. The van der Waals surface area contributed by atoms with E-state index in [2.05, 4.69) is 18.0 Å². The molecule has 2 heterocycles. The molecule has 0 bridgehead atoms. The van der Waals surface area contributed by atoms with Gasteiger partial charge in [-0.05, 0) is 18.9 Å². The van der Waals surface area contributed by atoms with Crippen LogP contribution in [0.4, 0.5) is 5.13 Å². The Kier molecular flexibility index (Phi) is 2.33. The Morgan fingerprint density at radius 3 is 3.00 bits per heavy atom. The number of hydrogen-bond donors (Lipinski definition) is 1. The first-order chi connectivity index (χ1) is 6.27. The fraction of sp³-hybridized carbons (Fsp3) is 0.444. The summed E-state index contributed by atoms with van der Waals surface area (Å²) < 4.78 is 5.24. The van der Waals surface area contributed by atoms with Crippen LogP contribution in [-0.4, -0.2) is 18.2 Å². The topological polar surface area (TPSA) is 48.1 Å². The molecular formula is C9H12N2OS. The SMILES string of the molecule is Cc1sc(N)nc1C1=CCOCC1. The lowest BCUT2D eigenvalue weighted by molar-refractivity contribution is 0.161. The number of ether oxygens (including phenoxy) is 1. The number of nitrogen functional groups attached to an aromatic ring is 1. The zero-order chi connectivity index (χ0) is 9.26. The number of nitrogens with two attached hydrogens (primary N) is 1. The van der Waals surface area contributed by atoms with E-state index in [0.29, 0.717) is 11.7 Å². The molecule has 1 aliphatic rings. The van der Waals surface area contributed by atoms with Crippen LogP contribution < -0.4 is 5.73 Å². The van der Waals surface area contributed by atoms with Crippen LogP contribution in [-0.2, 0) is 4.74 Å². The lowest BCUT2D eigenvalue weighted by Crippen LogP contribution is -2.04. The van der Waals surface area contributed by atoms with Gasteiger partial charge in [0.05, 0.1) is 18.9 Å². The molecule has 1 aromatic heterocycles. The van der Waals surface area contributed by atoms with Crippen molar-refractivity contribution >= 4 is 22.0 Å². The van der Waals surface area contributed by atoms with Crippen molar-refractivity contribution in [2.75, 3.05) is 18.9 Å². The van der Waals surface area contributed by atoms with Gasteiger partial charge in [0.1, 0.15) is 0 Å². The lowest BCUT2D eigenvalue weighted by Gasteiger charge is -2.11. The van der Waals surface area contributed by atoms with Gasteiger partial charge < -0.3 is 10.5 Å². The quantitative estimate of drug-likeness (QED) is 0.745. The van der Waals surface area contributed by atoms with E-state index in [0.717, 1.165) is 18.7 Å². The summed E-state index contributed by atoms with van der Waals surface area (Å²) in [4.78, 5) is 5.51. The van der Waals surface area contributed by atoms with E-state index in [4.69, 9.17) is 10.5 Å². The molecular weight excluding hydrogens is 184 g/mol. The zero-order valence-corrected chi connectivity index (χ0v) is 8.36. The number of hydrogen-bond acceptors (Lipinski definition) is 4. The molecule has 0 aliphatic carbocycles. The second-order valence-corrected chi connectivity index (χ2v) is 4.25. The highest BCUT2D eigenvalue weighted by molar-refractivity contribution is 7.15. The summed E-state index contributed by atoms with van der Waals surface area (Å²) >= 11 is 1.55. The van der Waals surface area contributed by atoms with Gasteiger partial charge in [0.25, 0.3) is 0 Å². The third kappa shape index (κ3) is 1.73. The van der Waals surface area contributed by atoms with E-state index >= 15 is 0 Å². The van der Waals surface area contributed by atoms with E-state index in [-0.39, 0.29) is 0 Å². The number of thiazole rings is 1. The standard InChI is InChI=1S/C9H12N2OS/c1-6-8(11-9(10)13-6)7-2-4-12-5-3-7/h2H,3-5H2,1H3,(H2,10,11). The maximum atomic E-state index is 5.64. The van der Waals surface area contributed by atoms with Crippen LogP contribution in [0.3, 0.4) is 0 Å². The van der Waals surface area contributed by atoms with Crippen molar-refractivity contribution in [1.29, 1.82) is 0 Å². The summed E-state index contributed by atoms with van der Waals surface area (Å²) in [7, 11) is 0. The first kappa shape index (κ1) is 8.72. The molecule has 4 heteroatoms. The number of rotatable bonds is 1. The van der Waals surface area contributed by atoms with Gasteiger partial charge in [0.15, 0.2) is 5.13 Å². The minimum atomic E-state index is 0.653. The van der Waals surface area contributed by atoms with E-state index in [1.165, 1.54) is 10.5 Å². The van der Waals surface area contributed by atoms with Gasteiger partial charge in [-0.15, -0.1) is 11.3 Å². The van der Waals surface area contributed by atoms with E-state index in [1.807, 2.05) is 0 Å². The fourth-order valence-electron chi connectivity index (χ4n) is 1.46. The van der Waals surface area contributed by atoms with Crippen molar-refractivity contribution in [2.24, 2.45) is 0 Å². The second-order valence-electron chi connectivity index (χ2n) is 3.01. The molecule has 3 nitrogen and oxygen atoms in total. The Hall–Kier alpha value is -0.870. The maximum Gasteiger partial charge on any atom is 0.180 e. The van der Waals surface area contributed by atoms with Gasteiger partial charge in [-0.25, -0.2) is 4.98 Å². The zero-order valence-electron chi connectivity index (χ0n) is 7.54.